The van der Waals surface area contributed by atoms with Crippen LogP contribution < -0.4 is 5.32 Å². The van der Waals surface area contributed by atoms with Gasteiger partial charge >= 0.3 is 0 Å². The van der Waals surface area contributed by atoms with E-state index in [1.807, 2.05) is 47.4 Å². The number of amides is 1. The number of carbonyl (C=O) groups is 1. The quantitative estimate of drug-likeness (QED) is 0.883. The molecule has 1 N–H and O–H groups in total. The van der Waals surface area contributed by atoms with Crippen molar-refractivity contribution < 1.29 is 4.79 Å². The Hall–Kier alpha value is -2.14. The first-order valence-electron chi connectivity index (χ1n) is 7.11. The van der Waals surface area contributed by atoms with Crippen LogP contribution in [-0.2, 0) is 4.79 Å². The van der Waals surface area contributed by atoms with Crippen LogP contribution in [0.4, 0.5) is 0 Å². The summed E-state index contributed by atoms with van der Waals surface area (Å²) in [5.74, 6) is 0.134. The predicted octanol–water partition coefficient (Wildman–Crippen LogP) is 2.00. The molecule has 0 bridgehead atoms. The Labute approximate surface area is 125 Å². The van der Waals surface area contributed by atoms with E-state index in [0.717, 1.165) is 11.3 Å². The number of hydrogen-bond acceptors (Lipinski definition) is 3. The zero-order valence-corrected chi connectivity index (χ0v) is 12.8. The zero-order valence-electron chi connectivity index (χ0n) is 12.8. The number of carbonyl (C=O) groups excluding carboxylic acids is 1. The molecule has 0 spiro atoms. The van der Waals surface area contributed by atoms with E-state index in [2.05, 4.69) is 17.3 Å². The SMILES string of the molecule is CC(NCCC(=O)N(C)C)c1cnn(-c2ccccc2)c1. The third-order valence-electron chi connectivity index (χ3n) is 3.41. The standard InChI is InChI=1S/C16H22N4O/c1-13(17-10-9-16(21)19(2)3)14-11-18-20(12-14)15-7-5-4-6-8-15/h4-8,11-13,17H,9-10H2,1-3H3. The third-order valence-corrected chi connectivity index (χ3v) is 3.41. The second-order valence-electron chi connectivity index (χ2n) is 5.27. The Balaban J connectivity index is 1.90. The van der Waals surface area contributed by atoms with Crippen LogP contribution in [0.25, 0.3) is 5.69 Å². The van der Waals surface area contributed by atoms with Crippen LogP contribution in [0.15, 0.2) is 42.7 Å². The fourth-order valence-corrected chi connectivity index (χ4v) is 2.02. The van der Waals surface area contributed by atoms with Gasteiger partial charge in [-0.3, -0.25) is 4.79 Å². The molecular weight excluding hydrogens is 264 g/mol. The first-order chi connectivity index (χ1) is 10.1. The van der Waals surface area contributed by atoms with E-state index in [-0.39, 0.29) is 11.9 Å². The Morgan fingerprint density at radius 2 is 2.05 bits per heavy atom. The van der Waals surface area contributed by atoms with E-state index in [1.165, 1.54) is 0 Å². The minimum absolute atomic E-state index is 0.134. The number of benzene rings is 1. The van der Waals surface area contributed by atoms with Crippen molar-refractivity contribution in [2.24, 2.45) is 0 Å². The molecule has 0 saturated heterocycles. The highest BCUT2D eigenvalue weighted by Crippen LogP contribution is 2.14. The van der Waals surface area contributed by atoms with Crippen molar-refractivity contribution in [1.29, 1.82) is 0 Å². The molecule has 2 rings (SSSR count). The Bertz CT molecular complexity index is 577. The summed E-state index contributed by atoms with van der Waals surface area (Å²) in [7, 11) is 3.55. The van der Waals surface area contributed by atoms with Gasteiger partial charge in [0.2, 0.25) is 5.91 Å². The van der Waals surface area contributed by atoms with Crippen LogP contribution in [0, 0.1) is 0 Å². The Morgan fingerprint density at radius 3 is 2.71 bits per heavy atom. The molecule has 1 heterocycles. The summed E-state index contributed by atoms with van der Waals surface area (Å²) >= 11 is 0. The molecule has 0 radical (unpaired) electrons. The van der Waals surface area contributed by atoms with Crippen LogP contribution in [-0.4, -0.2) is 41.2 Å². The summed E-state index contributed by atoms with van der Waals surface area (Å²) in [6.07, 6.45) is 4.38. The molecule has 0 aliphatic rings. The van der Waals surface area contributed by atoms with Crippen LogP contribution in [0.3, 0.4) is 0 Å². The average molecular weight is 286 g/mol. The van der Waals surface area contributed by atoms with E-state index in [9.17, 15) is 4.79 Å². The molecule has 0 fully saturated rings. The lowest BCUT2D eigenvalue weighted by molar-refractivity contribution is -0.128. The van der Waals surface area contributed by atoms with E-state index in [4.69, 9.17) is 0 Å². The molecule has 21 heavy (non-hydrogen) atoms. The molecule has 5 nitrogen and oxygen atoms in total. The molecule has 0 aliphatic carbocycles. The molecule has 0 saturated carbocycles. The Morgan fingerprint density at radius 1 is 1.33 bits per heavy atom. The number of hydrogen-bond donors (Lipinski definition) is 1. The van der Waals surface area contributed by atoms with Crippen molar-refractivity contribution in [3.05, 3.63) is 48.3 Å². The maximum absolute atomic E-state index is 11.5. The highest BCUT2D eigenvalue weighted by molar-refractivity contribution is 5.75. The molecular formula is C16H22N4O. The molecule has 1 amide bonds. The summed E-state index contributed by atoms with van der Waals surface area (Å²) in [5.41, 5.74) is 2.15. The van der Waals surface area contributed by atoms with Gasteiger partial charge in [0.05, 0.1) is 11.9 Å². The van der Waals surface area contributed by atoms with E-state index >= 15 is 0 Å². The second-order valence-corrected chi connectivity index (χ2v) is 5.27. The lowest BCUT2D eigenvalue weighted by Gasteiger charge is -2.14. The van der Waals surface area contributed by atoms with Gasteiger partial charge in [-0.15, -0.1) is 0 Å². The first kappa shape index (κ1) is 15.3. The van der Waals surface area contributed by atoms with Gasteiger partial charge in [-0.2, -0.15) is 5.10 Å². The fourth-order valence-electron chi connectivity index (χ4n) is 2.02. The second kappa shape index (κ2) is 7.04. The van der Waals surface area contributed by atoms with Gasteiger partial charge in [-0.05, 0) is 19.1 Å². The lowest BCUT2D eigenvalue weighted by atomic mass is 10.2. The summed E-state index contributed by atoms with van der Waals surface area (Å²) in [4.78, 5) is 13.1. The summed E-state index contributed by atoms with van der Waals surface area (Å²) < 4.78 is 1.86. The van der Waals surface area contributed by atoms with Gasteiger partial charge in [0.25, 0.3) is 0 Å². The van der Waals surface area contributed by atoms with Crippen LogP contribution in [0.5, 0.6) is 0 Å². The van der Waals surface area contributed by atoms with Gasteiger partial charge in [0.15, 0.2) is 0 Å². The van der Waals surface area contributed by atoms with Crippen LogP contribution in [0.2, 0.25) is 0 Å². The van der Waals surface area contributed by atoms with Gasteiger partial charge in [-0.1, -0.05) is 18.2 Å². The van der Waals surface area contributed by atoms with Crippen molar-refractivity contribution in [2.75, 3.05) is 20.6 Å². The smallest absolute Gasteiger partial charge is 0.223 e. The summed E-state index contributed by atoms with van der Waals surface area (Å²) in [5, 5.41) is 7.73. The van der Waals surface area contributed by atoms with Gasteiger partial charge in [0, 0.05) is 44.9 Å². The molecule has 1 unspecified atom stereocenters. The van der Waals surface area contributed by atoms with E-state index < -0.39 is 0 Å². The van der Waals surface area contributed by atoms with Crippen molar-refractivity contribution in [2.45, 2.75) is 19.4 Å². The highest BCUT2D eigenvalue weighted by atomic mass is 16.2. The summed E-state index contributed by atoms with van der Waals surface area (Å²) in [6.45, 7) is 2.74. The highest BCUT2D eigenvalue weighted by Gasteiger charge is 2.10. The predicted molar refractivity (Wildman–Crippen MR) is 83.3 cm³/mol. The molecule has 0 aliphatic heterocycles. The number of para-hydroxylation sites is 1. The zero-order chi connectivity index (χ0) is 15.2. The average Bonchev–Trinajstić information content (AvgIpc) is 2.97. The van der Waals surface area contributed by atoms with E-state index in [1.54, 1.807) is 19.0 Å². The van der Waals surface area contributed by atoms with Crippen molar-refractivity contribution in [3.63, 3.8) is 0 Å². The van der Waals surface area contributed by atoms with Crippen LogP contribution in [0.1, 0.15) is 24.9 Å². The van der Waals surface area contributed by atoms with Gasteiger partial charge in [-0.25, -0.2) is 4.68 Å². The van der Waals surface area contributed by atoms with Crippen molar-refractivity contribution in [3.8, 4) is 5.69 Å². The molecule has 1 aromatic heterocycles. The largest absolute Gasteiger partial charge is 0.349 e. The van der Waals surface area contributed by atoms with Crippen molar-refractivity contribution in [1.82, 2.24) is 20.0 Å². The third kappa shape index (κ3) is 4.16. The number of nitrogens with zero attached hydrogens (tertiary/aromatic N) is 3. The number of aromatic nitrogens is 2. The molecule has 112 valence electrons. The monoisotopic (exact) mass is 286 g/mol. The molecule has 5 heteroatoms. The number of nitrogens with one attached hydrogen (secondary N) is 1. The topological polar surface area (TPSA) is 50.2 Å². The fraction of sp³-hybridized carbons (Fsp3) is 0.375. The normalized spacial score (nSPS) is 12.1. The summed E-state index contributed by atoms with van der Waals surface area (Å²) in [6, 6.07) is 10.2. The minimum Gasteiger partial charge on any atom is -0.349 e. The molecule has 1 aromatic carbocycles. The van der Waals surface area contributed by atoms with Crippen LogP contribution >= 0.6 is 0 Å². The molecule has 1 atom stereocenters. The van der Waals surface area contributed by atoms with Gasteiger partial charge < -0.3 is 10.2 Å². The lowest BCUT2D eigenvalue weighted by Crippen LogP contribution is -2.27. The van der Waals surface area contributed by atoms with Gasteiger partial charge in [0.1, 0.15) is 0 Å². The minimum atomic E-state index is 0.134. The maximum atomic E-state index is 11.5. The first-order valence-corrected chi connectivity index (χ1v) is 7.11. The number of rotatable bonds is 6. The Kier molecular flexibility index (Phi) is 5.11. The van der Waals surface area contributed by atoms with E-state index in [0.29, 0.717) is 13.0 Å². The van der Waals surface area contributed by atoms with Crippen molar-refractivity contribution >= 4 is 5.91 Å². The maximum Gasteiger partial charge on any atom is 0.223 e. The molecule has 2 aromatic rings.